The summed E-state index contributed by atoms with van der Waals surface area (Å²) in [6.45, 7) is 2.37. The number of hydrogen-bond donors (Lipinski definition) is 2. The lowest BCUT2D eigenvalue weighted by molar-refractivity contribution is 0.118. The third-order valence-electron chi connectivity index (χ3n) is 1.27. The van der Waals surface area contributed by atoms with Crippen LogP contribution in [0.5, 0.6) is 0 Å². The first-order valence-corrected chi connectivity index (χ1v) is 3.58. The molecule has 0 bridgehead atoms. The van der Waals surface area contributed by atoms with Crippen LogP contribution in [0.15, 0.2) is 0 Å². The number of aromatic nitrogens is 3. The highest BCUT2D eigenvalue weighted by Gasteiger charge is 2.00. The van der Waals surface area contributed by atoms with Gasteiger partial charge in [-0.3, -0.25) is 9.94 Å². The predicted octanol–water partition coefficient (Wildman–Crippen LogP) is 0.147. The van der Waals surface area contributed by atoms with E-state index in [1.54, 1.807) is 0 Å². The van der Waals surface area contributed by atoms with Crippen LogP contribution in [0.25, 0.3) is 0 Å². The van der Waals surface area contributed by atoms with Gasteiger partial charge in [0.2, 0.25) is 0 Å². The van der Waals surface area contributed by atoms with Crippen molar-refractivity contribution in [2.45, 2.75) is 26.4 Å². The number of H-pyrrole nitrogens is 1. The molecular weight excluding hydrogens is 144 g/mol. The standard InChI is InChI=1S/C6H12N4O/c1-2-3-5-8-6(4-11-7)10-9-5/h2-4,7H2,1H3,(H,8,9,10). The summed E-state index contributed by atoms with van der Waals surface area (Å²) in [6.07, 6.45) is 1.93. The van der Waals surface area contributed by atoms with Crippen LogP contribution in [-0.2, 0) is 17.9 Å². The Morgan fingerprint density at radius 3 is 3.09 bits per heavy atom. The highest BCUT2D eigenvalue weighted by molar-refractivity contribution is 4.88. The zero-order valence-corrected chi connectivity index (χ0v) is 6.50. The maximum Gasteiger partial charge on any atom is 0.152 e. The molecule has 1 aromatic heterocycles. The summed E-state index contributed by atoms with van der Waals surface area (Å²) in [4.78, 5) is 8.50. The SMILES string of the molecule is CCCc1n[nH]c(CON)n1. The molecule has 11 heavy (non-hydrogen) atoms. The number of aromatic amines is 1. The fourth-order valence-electron chi connectivity index (χ4n) is 0.814. The number of hydrogen-bond acceptors (Lipinski definition) is 4. The van der Waals surface area contributed by atoms with E-state index < -0.39 is 0 Å². The highest BCUT2D eigenvalue weighted by atomic mass is 16.6. The summed E-state index contributed by atoms with van der Waals surface area (Å²) >= 11 is 0. The Morgan fingerprint density at radius 1 is 1.64 bits per heavy atom. The quantitative estimate of drug-likeness (QED) is 0.608. The van der Waals surface area contributed by atoms with Crippen LogP contribution in [0.4, 0.5) is 0 Å². The molecule has 0 aliphatic heterocycles. The van der Waals surface area contributed by atoms with Gasteiger partial charge in [-0.05, 0) is 6.42 Å². The Labute approximate surface area is 64.9 Å². The van der Waals surface area contributed by atoms with Gasteiger partial charge in [-0.1, -0.05) is 6.92 Å². The smallest absolute Gasteiger partial charge is 0.152 e. The van der Waals surface area contributed by atoms with E-state index in [4.69, 9.17) is 5.90 Å². The second kappa shape index (κ2) is 4.05. The summed E-state index contributed by atoms with van der Waals surface area (Å²) in [5.74, 6) is 6.35. The summed E-state index contributed by atoms with van der Waals surface area (Å²) in [7, 11) is 0. The van der Waals surface area contributed by atoms with Gasteiger partial charge in [0.05, 0.1) is 0 Å². The number of nitrogens with two attached hydrogens (primary N) is 1. The molecule has 3 N–H and O–H groups in total. The van der Waals surface area contributed by atoms with Crippen molar-refractivity contribution in [2.24, 2.45) is 5.90 Å². The largest absolute Gasteiger partial charge is 0.297 e. The number of nitrogens with one attached hydrogen (secondary N) is 1. The van der Waals surface area contributed by atoms with Gasteiger partial charge in [0, 0.05) is 6.42 Å². The van der Waals surface area contributed by atoms with Crippen LogP contribution in [0, 0.1) is 0 Å². The Kier molecular flexibility index (Phi) is 3.00. The van der Waals surface area contributed by atoms with Crippen molar-refractivity contribution >= 4 is 0 Å². The fourth-order valence-corrected chi connectivity index (χ4v) is 0.814. The molecule has 0 unspecified atom stereocenters. The normalized spacial score (nSPS) is 10.4. The average molecular weight is 156 g/mol. The second-order valence-corrected chi connectivity index (χ2v) is 2.26. The molecule has 0 amide bonds. The van der Waals surface area contributed by atoms with E-state index >= 15 is 0 Å². The maximum absolute atomic E-state index is 4.86. The van der Waals surface area contributed by atoms with Crippen molar-refractivity contribution in [1.82, 2.24) is 15.2 Å². The first-order chi connectivity index (χ1) is 5.36. The fraction of sp³-hybridized carbons (Fsp3) is 0.667. The first-order valence-electron chi connectivity index (χ1n) is 3.58. The van der Waals surface area contributed by atoms with E-state index in [0.717, 1.165) is 18.7 Å². The highest BCUT2D eigenvalue weighted by Crippen LogP contribution is 1.96. The van der Waals surface area contributed by atoms with Crippen molar-refractivity contribution in [3.63, 3.8) is 0 Å². The van der Waals surface area contributed by atoms with Crippen LogP contribution in [0.3, 0.4) is 0 Å². The monoisotopic (exact) mass is 156 g/mol. The van der Waals surface area contributed by atoms with E-state index in [0.29, 0.717) is 5.82 Å². The third-order valence-corrected chi connectivity index (χ3v) is 1.27. The lowest BCUT2D eigenvalue weighted by Crippen LogP contribution is -2.00. The molecule has 0 aromatic carbocycles. The molecule has 0 radical (unpaired) electrons. The van der Waals surface area contributed by atoms with E-state index in [9.17, 15) is 0 Å². The van der Waals surface area contributed by atoms with Crippen LogP contribution in [0.1, 0.15) is 25.0 Å². The van der Waals surface area contributed by atoms with Crippen molar-refractivity contribution in [3.8, 4) is 0 Å². The molecule has 0 atom stereocenters. The minimum Gasteiger partial charge on any atom is -0.297 e. The molecule has 0 aliphatic rings. The summed E-state index contributed by atoms with van der Waals surface area (Å²) in [5.41, 5.74) is 0. The van der Waals surface area contributed by atoms with Crippen molar-refractivity contribution in [1.29, 1.82) is 0 Å². The average Bonchev–Trinajstić information content (AvgIpc) is 2.38. The summed E-state index contributed by atoms with van der Waals surface area (Å²) in [5, 5.41) is 6.68. The molecule has 5 heteroatoms. The molecule has 1 heterocycles. The van der Waals surface area contributed by atoms with Gasteiger partial charge < -0.3 is 0 Å². The molecule has 0 saturated heterocycles. The van der Waals surface area contributed by atoms with E-state index in [1.807, 2.05) is 0 Å². The van der Waals surface area contributed by atoms with Crippen molar-refractivity contribution < 1.29 is 4.84 Å². The lowest BCUT2D eigenvalue weighted by Gasteiger charge is -1.88. The van der Waals surface area contributed by atoms with E-state index in [1.165, 1.54) is 0 Å². The molecule has 1 aromatic rings. The van der Waals surface area contributed by atoms with E-state index in [2.05, 4.69) is 26.9 Å². The van der Waals surface area contributed by atoms with Crippen LogP contribution in [0.2, 0.25) is 0 Å². The van der Waals surface area contributed by atoms with Gasteiger partial charge in [0.1, 0.15) is 6.61 Å². The van der Waals surface area contributed by atoms with Gasteiger partial charge in [0.15, 0.2) is 11.6 Å². The molecule has 1 rings (SSSR count). The maximum atomic E-state index is 4.86. The number of aryl methyl sites for hydroxylation is 1. The molecule has 5 nitrogen and oxygen atoms in total. The first kappa shape index (κ1) is 8.16. The predicted molar refractivity (Wildman–Crippen MR) is 39.4 cm³/mol. The van der Waals surface area contributed by atoms with Gasteiger partial charge in [0.25, 0.3) is 0 Å². The van der Waals surface area contributed by atoms with Crippen molar-refractivity contribution in [3.05, 3.63) is 11.6 Å². The summed E-state index contributed by atoms with van der Waals surface area (Å²) in [6, 6.07) is 0. The van der Waals surface area contributed by atoms with Crippen LogP contribution < -0.4 is 5.90 Å². The van der Waals surface area contributed by atoms with Gasteiger partial charge in [-0.25, -0.2) is 10.9 Å². The Bertz CT molecular complexity index is 190. The number of nitrogens with zero attached hydrogens (tertiary/aromatic N) is 2. The Hall–Kier alpha value is -0.940. The van der Waals surface area contributed by atoms with E-state index in [-0.39, 0.29) is 6.61 Å². The topological polar surface area (TPSA) is 76.8 Å². The lowest BCUT2D eigenvalue weighted by atomic mass is 10.3. The third kappa shape index (κ3) is 2.28. The molecule has 0 aliphatic carbocycles. The summed E-state index contributed by atoms with van der Waals surface area (Å²) < 4.78 is 0. The van der Waals surface area contributed by atoms with Gasteiger partial charge >= 0.3 is 0 Å². The molecule has 62 valence electrons. The Morgan fingerprint density at radius 2 is 2.45 bits per heavy atom. The van der Waals surface area contributed by atoms with Gasteiger partial charge in [-0.2, -0.15) is 5.10 Å². The zero-order valence-electron chi connectivity index (χ0n) is 6.50. The molecular formula is C6H12N4O. The number of rotatable bonds is 4. The van der Waals surface area contributed by atoms with Crippen molar-refractivity contribution in [2.75, 3.05) is 0 Å². The minimum atomic E-state index is 0.288. The molecule has 0 spiro atoms. The van der Waals surface area contributed by atoms with Crippen LogP contribution in [-0.4, -0.2) is 15.2 Å². The van der Waals surface area contributed by atoms with Crippen LogP contribution >= 0.6 is 0 Å². The molecule has 0 fully saturated rings. The zero-order chi connectivity index (χ0) is 8.10. The molecule has 0 saturated carbocycles. The second-order valence-electron chi connectivity index (χ2n) is 2.26. The minimum absolute atomic E-state index is 0.288. The Balaban J connectivity index is 2.51. The van der Waals surface area contributed by atoms with Gasteiger partial charge in [-0.15, -0.1) is 0 Å².